The summed E-state index contributed by atoms with van der Waals surface area (Å²) in [6.07, 6.45) is 9.77. The summed E-state index contributed by atoms with van der Waals surface area (Å²) in [7, 11) is 0. The molecule has 0 aromatic heterocycles. The molecule has 4 fully saturated rings. The Morgan fingerprint density at radius 2 is 1.71 bits per heavy atom. The minimum absolute atomic E-state index is 0.263. The van der Waals surface area contributed by atoms with Crippen molar-refractivity contribution in [2.24, 2.45) is 46.8 Å². The summed E-state index contributed by atoms with van der Waals surface area (Å²) in [5.74, 6) is 5.39. The van der Waals surface area contributed by atoms with Crippen LogP contribution in [0, 0.1) is 46.8 Å². The molecule has 0 amide bonds. The standard InChI is InChI=1S/C22H36O2/c1-13-11-19-18-6-5-15-12-21(3,24)9-7-16(15)17(18)8-10-22(19,4)20(13)14(2)23/h13,15-20,24H,5-12H2,1-4H3/t13-,15-,16+,17-,18-,19+,20-,21-,22+/m1/s1. The maximum Gasteiger partial charge on any atom is 0.133 e. The number of rotatable bonds is 1. The first-order valence-electron chi connectivity index (χ1n) is 10.5. The Morgan fingerprint density at radius 1 is 1.00 bits per heavy atom. The molecule has 0 unspecified atom stereocenters. The van der Waals surface area contributed by atoms with Crippen molar-refractivity contribution in [2.75, 3.05) is 0 Å². The lowest BCUT2D eigenvalue weighted by atomic mass is 9.49. The summed E-state index contributed by atoms with van der Waals surface area (Å²) in [6, 6.07) is 0. The first-order chi connectivity index (χ1) is 11.2. The normalized spacial score (nSPS) is 57.0. The topological polar surface area (TPSA) is 37.3 Å². The van der Waals surface area contributed by atoms with Crippen LogP contribution in [0.25, 0.3) is 0 Å². The smallest absolute Gasteiger partial charge is 0.133 e. The van der Waals surface area contributed by atoms with Gasteiger partial charge in [0.15, 0.2) is 0 Å². The fourth-order valence-corrected chi connectivity index (χ4v) is 8.31. The van der Waals surface area contributed by atoms with E-state index in [1.807, 2.05) is 13.8 Å². The Balaban J connectivity index is 1.58. The monoisotopic (exact) mass is 332 g/mol. The summed E-state index contributed by atoms with van der Waals surface area (Å²) < 4.78 is 0. The molecule has 1 N–H and O–H groups in total. The first kappa shape index (κ1) is 17.1. The maximum absolute atomic E-state index is 12.3. The Labute approximate surface area is 147 Å². The lowest BCUT2D eigenvalue weighted by Gasteiger charge is -2.56. The second-order valence-electron chi connectivity index (χ2n) is 10.5. The SMILES string of the molecule is CC(=O)[C@H]1[C@H](C)C[C@H]2[C@@H]3CC[C@@H]4C[C@](C)(O)CC[C@@H]4[C@H]3CC[C@@]21C. The van der Waals surface area contributed by atoms with E-state index in [2.05, 4.69) is 13.8 Å². The van der Waals surface area contributed by atoms with Gasteiger partial charge in [-0.3, -0.25) is 4.79 Å². The second kappa shape index (κ2) is 5.56. The molecule has 4 rings (SSSR count). The van der Waals surface area contributed by atoms with Gasteiger partial charge in [0.2, 0.25) is 0 Å². The molecule has 0 aromatic rings. The van der Waals surface area contributed by atoms with Gasteiger partial charge in [-0.05, 0) is 106 Å². The van der Waals surface area contributed by atoms with E-state index in [0.29, 0.717) is 17.6 Å². The molecule has 0 radical (unpaired) electrons. The molecule has 136 valence electrons. The van der Waals surface area contributed by atoms with Gasteiger partial charge in [-0.1, -0.05) is 13.8 Å². The number of ketones is 1. The summed E-state index contributed by atoms with van der Waals surface area (Å²) >= 11 is 0. The highest BCUT2D eigenvalue weighted by Gasteiger charge is 2.60. The van der Waals surface area contributed by atoms with Crippen LogP contribution >= 0.6 is 0 Å². The van der Waals surface area contributed by atoms with Gasteiger partial charge >= 0.3 is 0 Å². The highest BCUT2D eigenvalue weighted by molar-refractivity contribution is 5.80. The molecule has 2 heteroatoms. The van der Waals surface area contributed by atoms with Crippen molar-refractivity contribution in [1.29, 1.82) is 0 Å². The molecule has 0 heterocycles. The number of fused-ring (bicyclic) bond motifs is 5. The Morgan fingerprint density at radius 3 is 2.42 bits per heavy atom. The van der Waals surface area contributed by atoms with Gasteiger partial charge in [0.25, 0.3) is 0 Å². The number of Topliss-reactive ketones (excluding diaryl/α,β-unsaturated/α-hetero) is 1. The maximum atomic E-state index is 12.3. The van der Waals surface area contributed by atoms with Gasteiger partial charge in [0.05, 0.1) is 5.60 Å². The summed E-state index contributed by atoms with van der Waals surface area (Å²) in [5, 5.41) is 10.5. The molecule has 0 spiro atoms. The predicted molar refractivity (Wildman–Crippen MR) is 96.5 cm³/mol. The van der Waals surface area contributed by atoms with E-state index in [1.54, 1.807) is 0 Å². The molecule has 9 atom stereocenters. The molecule has 4 aliphatic carbocycles. The van der Waals surface area contributed by atoms with Crippen LogP contribution in [0.2, 0.25) is 0 Å². The van der Waals surface area contributed by atoms with Gasteiger partial charge in [0.1, 0.15) is 5.78 Å². The van der Waals surface area contributed by atoms with Crippen LogP contribution in [0.1, 0.15) is 79.1 Å². The van der Waals surface area contributed by atoms with Gasteiger partial charge in [0, 0.05) is 5.92 Å². The number of aliphatic hydroxyl groups is 1. The van der Waals surface area contributed by atoms with Crippen molar-refractivity contribution in [3.63, 3.8) is 0 Å². The molecule has 0 bridgehead atoms. The number of carbonyl (C=O) groups excluding carboxylic acids is 1. The van der Waals surface area contributed by atoms with Crippen LogP contribution < -0.4 is 0 Å². The molecular formula is C22H36O2. The van der Waals surface area contributed by atoms with Crippen LogP contribution in [-0.4, -0.2) is 16.5 Å². The molecule has 0 aromatic carbocycles. The zero-order chi connectivity index (χ0) is 17.3. The Kier molecular flexibility index (Phi) is 3.95. The van der Waals surface area contributed by atoms with Crippen molar-refractivity contribution in [3.05, 3.63) is 0 Å². The van der Waals surface area contributed by atoms with E-state index in [1.165, 1.54) is 38.5 Å². The van der Waals surface area contributed by atoms with Crippen molar-refractivity contribution in [1.82, 2.24) is 0 Å². The molecule has 4 aliphatic rings. The Bertz CT molecular complexity index is 524. The minimum Gasteiger partial charge on any atom is -0.390 e. The van der Waals surface area contributed by atoms with Crippen molar-refractivity contribution in [3.8, 4) is 0 Å². The number of carbonyl (C=O) groups is 1. The predicted octanol–water partition coefficient (Wildman–Crippen LogP) is 4.84. The van der Waals surface area contributed by atoms with E-state index in [4.69, 9.17) is 0 Å². The molecule has 4 saturated carbocycles. The van der Waals surface area contributed by atoms with Crippen LogP contribution in [0.5, 0.6) is 0 Å². The minimum atomic E-state index is -0.418. The highest BCUT2D eigenvalue weighted by atomic mass is 16.3. The fraction of sp³-hybridized carbons (Fsp3) is 0.955. The van der Waals surface area contributed by atoms with E-state index in [0.717, 1.165) is 42.4 Å². The van der Waals surface area contributed by atoms with Crippen LogP contribution in [0.15, 0.2) is 0 Å². The molecular weight excluding hydrogens is 296 g/mol. The van der Waals surface area contributed by atoms with Crippen LogP contribution in [0.4, 0.5) is 0 Å². The van der Waals surface area contributed by atoms with Gasteiger partial charge in [-0.15, -0.1) is 0 Å². The summed E-state index contributed by atoms with van der Waals surface area (Å²) in [4.78, 5) is 12.3. The largest absolute Gasteiger partial charge is 0.390 e. The third kappa shape index (κ3) is 2.42. The molecule has 24 heavy (non-hydrogen) atoms. The van der Waals surface area contributed by atoms with Gasteiger partial charge in [-0.2, -0.15) is 0 Å². The zero-order valence-corrected chi connectivity index (χ0v) is 16.1. The lowest BCUT2D eigenvalue weighted by molar-refractivity contribution is -0.131. The zero-order valence-electron chi connectivity index (χ0n) is 16.1. The van der Waals surface area contributed by atoms with Crippen LogP contribution in [-0.2, 0) is 4.79 Å². The first-order valence-corrected chi connectivity index (χ1v) is 10.5. The van der Waals surface area contributed by atoms with E-state index >= 15 is 0 Å². The number of hydrogen-bond acceptors (Lipinski definition) is 2. The average Bonchev–Trinajstić information content (AvgIpc) is 2.76. The fourth-order valence-electron chi connectivity index (χ4n) is 8.31. The van der Waals surface area contributed by atoms with Crippen LogP contribution in [0.3, 0.4) is 0 Å². The quantitative estimate of drug-likeness (QED) is 0.746. The van der Waals surface area contributed by atoms with Crippen molar-refractivity contribution >= 4 is 5.78 Å². The average molecular weight is 333 g/mol. The summed E-state index contributed by atoms with van der Waals surface area (Å²) in [6.45, 7) is 8.65. The van der Waals surface area contributed by atoms with Crippen molar-refractivity contribution < 1.29 is 9.90 Å². The third-order valence-electron chi connectivity index (χ3n) is 9.02. The van der Waals surface area contributed by atoms with Gasteiger partial charge in [-0.25, -0.2) is 0 Å². The lowest BCUT2D eigenvalue weighted by Crippen LogP contribution is -2.51. The molecule has 2 nitrogen and oxygen atoms in total. The van der Waals surface area contributed by atoms with Gasteiger partial charge < -0.3 is 5.11 Å². The van der Waals surface area contributed by atoms with E-state index < -0.39 is 5.60 Å². The van der Waals surface area contributed by atoms with E-state index in [-0.39, 0.29) is 5.41 Å². The molecule has 0 aliphatic heterocycles. The van der Waals surface area contributed by atoms with E-state index in [9.17, 15) is 9.90 Å². The van der Waals surface area contributed by atoms with Crippen molar-refractivity contribution in [2.45, 2.75) is 84.7 Å². The second-order valence-corrected chi connectivity index (χ2v) is 10.5. The third-order valence-corrected chi connectivity index (χ3v) is 9.02. The summed E-state index contributed by atoms with van der Waals surface area (Å²) in [5.41, 5.74) is -0.155. The Hall–Kier alpha value is -0.370. The highest BCUT2D eigenvalue weighted by Crippen LogP contribution is 2.65. The molecule has 0 saturated heterocycles. The number of hydrogen-bond donors (Lipinski definition) is 1.